The van der Waals surface area contributed by atoms with Crippen LogP contribution < -0.4 is 5.32 Å². The summed E-state index contributed by atoms with van der Waals surface area (Å²) in [5.41, 5.74) is 1.22. The zero-order valence-electron chi connectivity index (χ0n) is 12.7. The zero-order valence-corrected chi connectivity index (χ0v) is 13.5. The Hall–Kier alpha value is -0.450. The van der Waals surface area contributed by atoms with Gasteiger partial charge in [-0.05, 0) is 53.1 Å². The number of nitrogens with one attached hydrogen (secondary N) is 1. The van der Waals surface area contributed by atoms with Crippen molar-refractivity contribution in [1.82, 2.24) is 15.2 Å². The van der Waals surface area contributed by atoms with Gasteiger partial charge in [0.05, 0.1) is 10.7 Å². The van der Waals surface area contributed by atoms with Gasteiger partial charge in [-0.1, -0.05) is 6.92 Å². The minimum atomic E-state index is 0.494. The molecule has 1 N–H and O–H groups in total. The fraction of sp³-hybridized carbons (Fsp3) is 0.800. The highest BCUT2D eigenvalue weighted by Crippen LogP contribution is 2.29. The summed E-state index contributed by atoms with van der Waals surface area (Å²) in [4.78, 5) is 8.66. The minimum absolute atomic E-state index is 0.494. The second kappa shape index (κ2) is 6.82. The van der Waals surface area contributed by atoms with Crippen LogP contribution in [0.5, 0.6) is 0 Å². The van der Waals surface area contributed by atoms with Crippen molar-refractivity contribution in [2.45, 2.75) is 59.0 Å². The molecule has 2 heterocycles. The molecule has 19 heavy (non-hydrogen) atoms. The van der Waals surface area contributed by atoms with Gasteiger partial charge in [0, 0.05) is 23.5 Å². The van der Waals surface area contributed by atoms with Crippen molar-refractivity contribution in [2.75, 3.05) is 19.6 Å². The van der Waals surface area contributed by atoms with Crippen LogP contribution in [0.1, 0.15) is 54.7 Å². The Balaban J connectivity index is 2.06. The van der Waals surface area contributed by atoms with E-state index in [-0.39, 0.29) is 0 Å². The van der Waals surface area contributed by atoms with Gasteiger partial charge in [0.15, 0.2) is 0 Å². The molecule has 108 valence electrons. The summed E-state index contributed by atoms with van der Waals surface area (Å²) < 4.78 is 0. The molecule has 0 amide bonds. The third-order valence-electron chi connectivity index (χ3n) is 3.99. The van der Waals surface area contributed by atoms with Gasteiger partial charge in [0.25, 0.3) is 0 Å². The number of aromatic nitrogens is 1. The molecule has 1 aromatic heterocycles. The van der Waals surface area contributed by atoms with Crippen molar-refractivity contribution in [2.24, 2.45) is 0 Å². The number of aryl methyl sites for hydroxylation is 2. The van der Waals surface area contributed by atoms with Crippen molar-refractivity contribution in [3.05, 3.63) is 15.6 Å². The van der Waals surface area contributed by atoms with E-state index in [1.807, 2.05) is 11.3 Å². The van der Waals surface area contributed by atoms with Gasteiger partial charge in [0.2, 0.25) is 0 Å². The van der Waals surface area contributed by atoms with Crippen LogP contribution in [-0.4, -0.2) is 35.6 Å². The molecule has 2 atom stereocenters. The van der Waals surface area contributed by atoms with E-state index in [9.17, 15) is 0 Å². The molecule has 1 aromatic rings. The molecule has 1 aliphatic rings. The van der Waals surface area contributed by atoms with Crippen molar-refractivity contribution in [3.8, 4) is 0 Å². The third kappa shape index (κ3) is 3.77. The van der Waals surface area contributed by atoms with Crippen LogP contribution in [0.2, 0.25) is 0 Å². The lowest BCUT2D eigenvalue weighted by Gasteiger charge is -2.30. The summed E-state index contributed by atoms with van der Waals surface area (Å²) >= 11 is 1.86. The highest BCUT2D eigenvalue weighted by molar-refractivity contribution is 7.11. The molecule has 0 bridgehead atoms. The molecule has 4 heteroatoms. The maximum Gasteiger partial charge on any atom is 0.0900 e. The Kier molecular flexibility index (Phi) is 5.37. The largest absolute Gasteiger partial charge is 0.313 e. The summed E-state index contributed by atoms with van der Waals surface area (Å²) in [5, 5.41) is 4.81. The molecule has 2 rings (SSSR count). The van der Waals surface area contributed by atoms with E-state index in [2.05, 4.69) is 42.9 Å². The average molecular weight is 281 g/mol. The van der Waals surface area contributed by atoms with Crippen molar-refractivity contribution in [1.29, 1.82) is 0 Å². The molecule has 3 nitrogen and oxygen atoms in total. The van der Waals surface area contributed by atoms with E-state index in [4.69, 9.17) is 0 Å². The molecule has 0 aromatic carbocycles. The maximum absolute atomic E-state index is 4.58. The molecule has 0 spiro atoms. The van der Waals surface area contributed by atoms with Crippen molar-refractivity contribution >= 4 is 11.3 Å². The zero-order chi connectivity index (χ0) is 13.8. The average Bonchev–Trinajstić information content (AvgIpc) is 2.97. The van der Waals surface area contributed by atoms with Crippen LogP contribution in [0.3, 0.4) is 0 Å². The van der Waals surface area contributed by atoms with Crippen LogP contribution in [-0.2, 0) is 0 Å². The summed E-state index contributed by atoms with van der Waals surface area (Å²) in [7, 11) is 0. The van der Waals surface area contributed by atoms with Gasteiger partial charge >= 0.3 is 0 Å². The topological polar surface area (TPSA) is 28.2 Å². The van der Waals surface area contributed by atoms with E-state index in [1.165, 1.54) is 54.5 Å². The fourth-order valence-corrected chi connectivity index (χ4v) is 4.04. The summed E-state index contributed by atoms with van der Waals surface area (Å²) in [5.74, 6) is 0. The lowest BCUT2D eigenvalue weighted by molar-refractivity contribution is 0.194. The molecule has 0 saturated carbocycles. The number of rotatable bonds is 6. The molecule has 0 aliphatic carbocycles. The quantitative estimate of drug-likeness (QED) is 0.867. The third-order valence-corrected chi connectivity index (χ3v) is 5.24. The lowest BCUT2D eigenvalue weighted by Crippen LogP contribution is -2.39. The fourth-order valence-electron chi connectivity index (χ4n) is 3.03. The Morgan fingerprint density at radius 3 is 2.79 bits per heavy atom. The van der Waals surface area contributed by atoms with Gasteiger partial charge in [-0.2, -0.15) is 0 Å². The normalized spacial score (nSPS) is 21.2. The van der Waals surface area contributed by atoms with E-state index >= 15 is 0 Å². The monoisotopic (exact) mass is 281 g/mol. The maximum atomic E-state index is 4.58. The van der Waals surface area contributed by atoms with E-state index in [0.717, 1.165) is 0 Å². The number of thiazole rings is 1. The van der Waals surface area contributed by atoms with Gasteiger partial charge in [-0.25, -0.2) is 4.98 Å². The molecular weight excluding hydrogens is 254 g/mol. The molecule has 1 aliphatic heterocycles. The van der Waals surface area contributed by atoms with Crippen LogP contribution in [0.25, 0.3) is 0 Å². The highest BCUT2D eigenvalue weighted by Gasteiger charge is 2.24. The van der Waals surface area contributed by atoms with Crippen LogP contribution >= 0.6 is 11.3 Å². The van der Waals surface area contributed by atoms with Gasteiger partial charge in [-0.15, -0.1) is 11.3 Å². The first-order chi connectivity index (χ1) is 9.11. The second-order valence-electron chi connectivity index (χ2n) is 5.65. The predicted octanol–water partition coefficient (Wildman–Crippen LogP) is 3.28. The molecular formula is C15H27N3S. The molecule has 0 radical (unpaired) electrons. The van der Waals surface area contributed by atoms with Crippen molar-refractivity contribution in [3.63, 3.8) is 0 Å². The number of nitrogens with zero attached hydrogens (tertiary/aromatic N) is 2. The van der Waals surface area contributed by atoms with Gasteiger partial charge in [-0.3, -0.25) is 4.90 Å². The van der Waals surface area contributed by atoms with Crippen LogP contribution in [0, 0.1) is 13.8 Å². The Morgan fingerprint density at radius 2 is 2.26 bits per heavy atom. The molecule has 2 unspecified atom stereocenters. The summed E-state index contributed by atoms with van der Waals surface area (Å²) in [6.07, 6.45) is 3.87. The molecule has 1 fully saturated rings. The Labute approximate surface area is 121 Å². The number of hydrogen-bond donors (Lipinski definition) is 1. The smallest absolute Gasteiger partial charge is 0.0900 e. The first-order valence-corrected chi connectivity index (χ1v) is 8.34. The molecule has 1 saturated heterocycles. The van der Waals surface area contributed by atoms with Crippen molar-refractivity contribution < 1.29 is 0 Å². The first kappa shape index (κ1) is 14.9. The minimum Gasteiger partial charge on any atom is -0.313 e. The lowest BCUT2D eigenvalue weighted by atomic mass is 10.1. The highest BCUT2D eigenvalue weighted by atomic mass is 32.1. The van der Waals surface area contributed by atoms with Crippen LogP contribution in [0.15, 0.2) is 0 Å². The Morgan fingerprint density at radius 1 is 1.47 bits per heavy atom. The SMILES string of the molecule is CCCN(CC1CCCN1)C(C)c1sc(C)nc1C. The van der Waals surface area contributed by atoms with Gasteiger partial charge in [0.1, 0.15) is 0 Å². The predicted molar refractivity (Wildman–Crippen MR) is 82.9 cm³/mol. The second-order valence-corrected chi connectivity index (χ2v) is 6.88. The Bertz CT molecular complexity index is 396. The standard InChI is InChI=1S/C15H27N3S/c1-5-9-18(10-14-7-6-8-16-14)12(3)15-11(2)17-13(4)19-15/h12,14,16H,5-10H2,1-4H3. The van der Waals surface area contributed by atoms with Crippen LogP contribution in [0.4, 0.5) is 0 Å². The summed E-state index contributed by atoms with van der Waals surface area (Å²) in [6.45, 7) is 12.4. The number of hydrogen-bond acceptors (Lipinski definition) is 4. The van der Waals surface area contributed by atoms with Gasteiger partial charge < -0.3 is 5.32 Å². The summed E-state index contributed by atoms with van der Waals surface area (Å²) in [6, 6.07) is 1.18. The van der Waals surface area contributed by atoms with E-state index in [0.29, 0.717) is 12.1 Å². The van der Waals surface area contributed by atoms with E-state index in [1.54, 1.807) is 0 Å². The van der Waals surface area contributed by atoms with E-state index < -0.39 is 0 Å². The first-order valence-electron chi connectivity index (χ1n) is 7.53.